The molecule has 0 saturated heterocycles. The van der Waals surface area contributed by atoms with Crippen LogP contribution in [0.5, 0.6) is 0 Å². The number of carboxylic acid groups (broad SMARTS) is 1. The van der Waals surface area contributed by atoms with E-state index >= 15 is 0 Å². The van der Waals surface area contributed by atoms with Gasteiger partial charge in [-0.25, -0.2) is 4.68 Å². The smallest absolute Gasteiger partial charge is 0.434 e. The first-order chi connectivity index (χ1) is 12.1. The van der Waals surface area contributed by atoms with Crippen molar-refractivity contribution in [3.05, 3.63) is 47.3 Å². The second kappa shape index (κ2) is 7.59. The van der Waals surface area contributed by atoms with Crippen LogP contribution in [0.1, 0.15) is 41.4 Å². The van der Waals surface area contributed by atoms with Gasteiger partial charge in [-0.2, -0.15) is 18.3 Å². The van der Waals surface area contributed by atoms with E-state index in [2.05, 4.69) is 10.4 Å². The van der Waals surface area contributed by atoms with Crippen LogP contribution in [0.2, 0.25) is 0 Å². The number of carbonyl (C=O) groups is 2. The number of aryl methyl sites for hydroxylation is 1. The molecule has 2 aromatic rings. The highest BCUT2D eigenvalue weighted by Crippen LogP contribution is 2.33. The van der Waals surface area contributed by atoms with Gasteiger partial charge in [0.1, 0.15) is 0 Å². The molecule has 9 heteroatoms. The minimum absolute atomic E-state index is 0.106. The van der Waals surface area contributed by atoms with E-state index in [-0.39, 0.29) is 18.5 Å². The van der Waals surface area contributed by atoms with Crippen molar-refractivity contribution < 1.29 is 27.9 Å². The number of alkyl halides is 3. The summed E-state index contributed by atoms with van der Waals surface area (Å²) in [4.78, 5) is 22.8. The SMILES string of the molecule is Cc1ccc(-n2ncc(C(=O)NC(C)CCC(=O)O)c2C(F)(F)F)cc1. The molecule has 0 fully saturated rings. The highest BCUT2D eigenvalue weighted by Gasteiger charge is 2.40. The molecule has 0 aliphatic rings. The highest BCUT2D eigenvalue weighted by atomic mass is 19.4. The van der Waals surface area contributed by atoms with Gasteiger partial charge in [0, 0.05) is 12.5 Å². The molecule has 6 nitrogen and oxygen atoms in total. The zero-order chi connectivity index (χ0) is 19.5. The molecule has 0 aliphatic carbocycles. The zero-order valence-electron chi connectivity index (χ0n) is 14.2. The van der Waals surface area contributed by atoms with Gasteiger partial charge >= 0.3 is 12.1 Å². The number of halogens is 3. The fraction of sp³-hybridized carbons (Fsp3) is 0.353. The van der Waals surface area contributed by atoms with Gasteiger partial charge in [-0.3, -0.25) is 9.59 Å². The Hall–Kier alpha value is -2.84. The Morgan fingerprint density at radius 1 is 1.27 bits per heavy atom. The van der Waals surface area contributed by atoms with Crippen molar-refractivity contribution in [3.8, 4) is 5.69 Å². The van der Waals surface area contributed by atoms with Gasteiger partial charge in [0.05, 0.1) is 17.4 Å². The Bertz CT molecular complexity index is 798. The normalized spacial score (nSPS) is 12.7. The molecular weight excluding hydrogens is 351 g/mol. The number of nitrogens with zero attached hydrogens (tertiary/aromatic N) is 2. The summed E-state index contributed by atoms with van der Waals surface area (Å²) in [5.74, 6) is -2.00. The predicted molar refractivity (Wildman–Crippen MR) is 87.1 cm³/mol. The first-order valence-electron chi connectivity index (χ1n) is 7.84. The number of benzene rings is 1. The van der Waals surface area contributed by atoms with Crippen LogP contribution in [0.25, 0.3) is 5.69 Å². The average molecular weight is 369 g/mol. The number of rotatable bonds is 6. The van der Waals surface area contributed by atoms with Crippen molar-refractivity contribution in [1.29, 1.82) is 0 Å². The molecule has 0 spiro atoms. The highest BCUT2D eigenvalue weighted by molar-refractivity contribution is 5.95. The van der Waals surface area contributed by atoms with E-state index < -0.39 is 35.4 Å². The quantitative estimate of drug-likeness (QED) is 0.819. The van der Waals surface area contributed by atoms with Crippen molar-refractivity contribution in [1.82, 2.24) is 15.1 Å². The summed E-state index contributed by atoms with van der Waals surface area (Å²) in [6, 6.07) is 5.65. The summed E-state index contributed by atoms with van der Waals surface area (Å²) in [5.41, 5.74) is -0.731. The first-order valence-corrected chi connectivity index (χ1v) is 7.84. The lowest BCUT2D eigenvalue weighted by Gasteiger charge is -2.15. The predicted octanol–water partition coefficient (Wildman–Crippen LogP) is 3.18. The molecular formula is C17H18F3N3O3. The van der Waals surface area contributed by atoms with Crippen molar-refractivity contribution in [2.75, 3.05) is 0 Å². The number of hydrogen-bond donors (Lipinski definition) is 2. The molecule has 1 aromatic carbocycles. The molecule has 1 unspecified atom stereocenters. The molecule has 26 heavy (non-hydrogen) atoms. The van der Waals surface area contributed by atoms with Crippen LogP contribution >= 0.6 is 0 Å². The van der Waals surface area contributed by atoms with Crippen LogP contribution < -0.4 is 5.32 Å². The standard InChI is InChI=1S/C17H18F3N3O3/c1-10-3-6-12(7-4-10)23-15(17(18,19)20)13(9-21-23)16(26)22-11(2)5-8-14(24)25/h3-4,6-7,9,11H,5,8H2,1-2H3,(H,22,26)(H,24,25). The summed E-state index contributed by atoms with van der Waals surface area (Å²) in [5, 5.41) is 14.7. The molecule has 1 amide bonds. The molecule has 2 N–H and O–H groups in total. The van der Waals surface area contributed by atoms with Crippen molar-refractivity contribution >= 4 is 11.9 Å². The fourth-order valence-corrected chi connectivity index (χ4v) is 2.38. The maximum Gasteiger partial charge on any atom is 0.434 e. The summed E-state index contributed by atoms with van der Waals surface area (Å²) in [7, 11) is 0. The zero-order valence-corrected chi connectivity index (χ0v) is 14.2. The Morgan fingerprint density at radius 3 is 2.42 bits per heavy atom. The van der Waals surface area contributed by atoms with E-state index in [1.807, 2.05) is 0 Å². The first kappa shape index (κ1) is 19.5. The van der Waals surface area contributed by atoms with Crippen molar-refractivity contribution in [2.45, 2.75) is 38.9 Å². The van der Waals surface area contributed by atoms with E-state index in [1.165, 1.54) is 19.1 Å². The molecule has 0 bridgehead atoms. The minimum atomic E-state index is -4.79. The lowest BCUT2D eigenvalue weighted by Crippen LogP contribution is -2.34. The number of amides is 1. The number of nitrogens with one attached hydrogen (secondary N) is 1. The molecule has 0 aliphatic heterocycles. The molecule has 2 rings (SSSR count). The lowest BCUT2D eigenvalue weighted by molar-refractivity contribution is -0.143. The van der Waals surface area contributed by atoms with Gasteiger partial charge in [-0.15, -0.1) is 0 Å². The number of hydrogen-bond acceptors (Lipinski definition) is 3. The molecule has 1 aromatic heterocycles. The second-order valence-corrected chi connectivity index (χ2v) is 5.96. The number of aromatic nitrogens is 2. The lowest BCUT2D eigenvalue weighted by atomic mass is 10.1. The Kier molecular flexibility index (Phi) is 5.69. The van der Waals surface area contributed by atoms with Gasteiger partial charge in [0.25, 0.3) is 5.91 Å². The van der Waals surface area contributed by atoms with E-state index in [0.29, 0.717) is 4.68 Å². The molecule has 1 heterocycles. The van der Waals surface area contributed by atoms with E-state index in [4.69, 9.17) is 5.11 Å². The summed E-state index contributed by atoms with van der Waals surface area (Å²) < 4.78 is 41.3. The third-order valence-corrected chi connectivity index (χ3v) is 3.73. The number of carbonyl (C=O) groups excluding carboxylic acids is 1. The average Bonchev–Trinajstić information content (AvgIpc) is 2.99. The molecule has 1 atom stereocenters. The minimum Gasteiger partial charge on any atom is -0.481 e. The van der Waals surface area contributed by atoms with Gasteiger partial charge in [0.15, 0.2) is 5.69 Å². The maximum absolute atomic E-state index is 13.5. The van der Waals surface area contributed by atoms with E-state index in [1.54, 1.807) is 19.1 Å². The van der Waals surface area contributed by atoms with Gasteiger partial charge in [-0.05, 0) is 32.4 Å². The summed E-state index contributed by atoms with van der Waals surface area (Å²) >= 11 is 0. The summed E-state index contributed by atoms with van der Waals surface area (Å²) in [6.45, 7) is 3.33. The molecule has 140 valence electrons. The molecule has 0 radical (unpaired) electrons. The Balaban J connectivity index is 2.33. The van der Waals surface area contributed by atoms with E-state index in [0.717, 1.165) is 11.8 Å². The largest absolute Gasteiger partial charge is 0.481 e. The molecule has 0 saturated carbocycles. The second-order valence-electron chi connectivity index (χ2n) is 5.96. The van der Waals surface area contributed by atoms with Gasteiger partial charge < -0.3 is 10.4 Å². The van der Waals surface area contributed by atoms with Crippen molar-refractivity contribution in [3.63, 3.8) is 0 Å². The van der Waals surface area contributed by atoms with Crippen LogP contribution in [0.3, 0.4) is 0 Å². The number of carboxylic acids is 1. The van der Waals surface area contributed by atoms with Crippen molar-refractivity contribution in [2.24, 2.45) is 0 Å². The third-order valence-electron chi connectivity index (χ3n) is 3.73. The Morgan fingerprint density at radius 2 is 1.88 bits per heavy atom. The van der Waals surface area contributed by atoms with Crippen LogP contribution in [0.15, 0.2) is 30.5 Å². The van der Waals surface area contributed by atoms with Gasteiger partial charge in [0.2, 0.25) is 0 Å². The van der Waals surface area contributed by atoms with Gasteiger partial charge in [-0.1, -0.05) is 17.7 Å². The van der Waals surface area contributed by atoms with Crippen LogP contribution in [0.4, 0.5) is 13.2 Å². The topological polar surface area (TPSA) is 84.2 Å². The van der Waals surface area contributed by atoms with Crippen LogP contribution in [0, 0.1) is 6.92 Å². The fourth-order valence-electron chi connectivity index (χ4n) is 2.38. The Labute approximate surface area is 147 Å². The maximum atomic E-state index is 13.5. The monoisotopic (exact) mass is 369 g/mol. The third kappa shape index (κ3) is 4.62. The van der Waals surface area contributed by atoms with Crippen LogP contribution in [-0.2, 0) is 11.0 Å². The van der Waals surface area contributed by atoms with E-state index in [9.17, 15) is 22.8 Å². The summed E-state index contributed by atoms with van der Waals surface area (Å²) in [6.07, 6.45) is -4.02. The number of aliphatic carboxylic acids is 1. The van der Waals surface area contributed by atoms with Crippen LogP contribution in [-0.4, -0.2) is 32.8 Å².